The number of aryl methyl sites for hydroxylation is 1. The first-order valence-corrected chi connectivity index (χ1v) is 15.3. The molecule has 0 radical (unpaired) electrons. The van der Waals surface area contributed by atoms with Crippen LogP contribution in [0.2, 0.25) is 5.02 Å². The van der Waals surface area contributed by atoms with Crippen molar-refractivity contribution >= 4 is 39.1 Å². The average molecular weight is 584 g/mol. The van der Waals surface area contributed by atoms with Crippen molar-refractivity contribution in [3.8, 4) is 0 Å². The van der Waals surface area contributed by atoms with Gasteiger partial charge in [-0.05, 0) is 69.0 Å². The fourth-order valence-electron chi connectivity index (χ4n) is 4.32. The number of hydrogen-bond donors (Lipinski definition) is 1. The summed E-state index contributed by atoms with van der Waals surface area (Å²) in [5, 5.41) is 3.29. The second-order valence-electron chi connectivity index (χ2n) is 9.85. The van der Waals surface area contributed by atoms with Crippen LogP contribution >= 0.6 is 11.6 Å². The number of unbranched alkanes of at least 4 members (excludes halogenated alkanes) is 1. The van der Waals surface area contributed by atoms with Crippen LogP contribution in [0.25, 0.3) is 0 Å². The topological polar surface area (TPSA) is 86.8 Å². The molecule has 1 atom stereocenters. The van der Waals surface area contributed by atoms with Gasteiger partial charge in [0.25, 0.3) is 10.0 Å². The molecular formula is C31H38ClN3O4S. The molecule has 0 aromatic heterocycles. The Morgan fingerprint density at radius 2 is 1.62 bits per heavy atom. The number of anilines is 1. The van der Waals surface area contributed by atoms with Crippen LogP contribution in [0.5, 0.6) is 0 Å². The molecule has 0 fully saturated rings. The van der Waals surface area contributed by atoms with Gasteiger partial charge in [0.05, 0.1) is 10.6 Å². The maximum absolute atomic E-state index is 14.0. The van der Waals surface area contributed by atoms with Crippen LogP contribution in [0.1, 0.15) is 43.4 Å². The number of halogens is 1. The quantitative estimate of drug-likeness (QED) is 0.268. The van der Waals surface area contributed by atoms with Crippen molar-refractivity contribution in [2.75, 3.05) is 23.9 Å². The van der Waals surface area contributed by atoms with Crippen LogP contribution in [0.15, 0.2) is 77.7 Å². The molecule has 1 N–H and O–H groups in total. The molecule has 0 aliphatic heterocycles. The minimum absolute atomic E-state index is 0.0615. The molecule has 3 aromatic rings. The summed E-state index contributed by atoms with van der Waals surface area (Å²) in [4.78, 5) is 28.5. The summed E-state index contributed by atoms with van der Waals surface area (Å²) in [6.07, 6.45) is 2.27. The van der Waals surface area contributed by atoms with Crippen molar-refractivity contribution in [2.45, 2.75) is 57.9 Å². The first-order valence-electron chi connectivity index (χ1n) is 13.5. The van der Waals surface area contributed by atoms with Crippen LogP contribution in [-0.4, -0.2) is 50.8 Å². The van der Waals surface area contributed by atoms with E-state index >= 15 is 0 Å². The minimum Gasteiger partial charge on any atom is -0.354 e. The molecule has 1 unspecified atom stereocenters. The van der Waals surface area contributed by atoms with E-state index in [0.29, 0.717) is 29.2 Å². The van der Waals surface area contributed by atoms with E-state index in [9.17, 15) is 18.0 Å². The third-order valence-corrected chi connectivity index (χ3v) is 9.06. The Balaban J connectivity index is 1.99. The Bertz CT molecular complexity index is 1400. The zero-order valence-electron chi connectivity index (χ0n) is 23.6. The van der Waals surface area contributed by atoms with Gasteiger partial charge >= 0.3 is 0 Å². The summed E-state index contributed by atoms with van der Waals surface area (Å²) in [7, 11) is -4.14. The highest BCUT2D eigenvalue weighted by Crippen LogP contribution is 2.31. The van der Waals surface area contributed by atoms with Crippen molar-refractivity contribution in [3.63, 3.8) is 0 Å². The standard InChI is InChI=1S/C31H38ClN3O4S/c1-5-6-20-33-31(37)25(4)34(21-19-26-11-8-7-9-12-26)30(36)22-35(29-14-10-13-28(32)24(29)3)40(38,39)27-17-15-23(2)16-18-27/h7-18,25H,5-6,19-22H2,1-4H3,(H,33,37). The van der Waals surface area contributed by atoms with Gasteiger partial charge in [-0.15, -0.1) is 0 Å². The smallest absolute Gasteiger partial charge is 0.264 e. The molecule has 2 amide bonds. The fraction of sp³-hybridized carbons (Fsp3) is 0.355. The highest BCUT2D eigenvalue weighted by molar-refractivity contribution is 7.92. The number of hydrogen-bond acceptors (Lipinski definition) is 4. The molecule has 0 heterocycles. The minimum atomic E-state index is -4.14. The van der Waals surface area contributed by atoms with Gasteiger partial charge in [-0.3, -0.25) is 13.9 Å². The molecule has 7 nitrogen and oxygen atoms in total. The SMILES string of the molecule is CCCCNC(=O)C(C)N(CCc1ccccc1)C(=O)CN(c1cccc(Cl)c1C)S(=O)(=O)c1ccc(C)cc1. The van der Waals surface area contributed by atoms with E-state index in [-0.39, 0.29) is 17.3 Å². The van der Waals surface area contributed by atoms with Crippen LogP contribution in [0, 0.1) is 13.8 Å². The Kier molecular flexibility index (Phi) is 11.2. The summed E-state index contributed by atoms with van der Waals surface area (Å²) in [5.74, 6) is -0.758. The molecule has 0 bridgehead atoms. The molecule has 0 spiro atoms. The zero-order chi connectivity index (χ0) is 29.3. The normalized spacial score (nSPS) is 12.0. The maximum atomic E-state index is 14.0. The number of benzene rings is 3. The van der Waals surface area contributed by atoms with E-state index in [2.05, 4.69) is 5.32 Å². The maximum Gasteiger partial charge on any atom is 0.264 e. The van der Waals surface area contributed by atoms with Crippen molar-refractivity contribution in [1.82, 2.24) is 10.2 Å². The predicted octanol–water partition coefficient (Wildman–Crippen LogP) is 5.53. The second-order valence-corrected chi connectivity index (χ2v) is 12.1. The lowest BCUT2D eigenvalue weighted by Crippen LogP contribution is -2.52. The van der Waals surface area contributed by atoms with Crippen molar-refractivity contribution in [1.29, 1.82) is 0 Å². The lowest BCUT2D eigenvalue weighted by Gasteiger charge is -2.32. The number of rotatable bonds is 13. The van der Waals surface area contributed by atoms with Gasteiger partial charge in [-0.1, -0.05) is 79.0 Å². The fourth-order valence-corrected chi connectivity index (χ4v) is 5.96. The van der Waals surface area contributed by atoms with Gasteiger partial charge in [-0.2, -0.15) is 0 Å². The molecule has 3 aromatic carbocycles. The summed E-state index contributed by atoms with van der Waals surface area (Å²) >= 11 is 6.37. The lowest BCUT2D eigenvalue weighted by molar-refractivity contribution is -0.138. The van der Waals surface area contributed by atoms with Crippen LogP contribution in [-0.2, 0) is 26.0 Å². The zero-order valence-corrected chi connectivity index (χ0v) is 25.1. The predicted molar refractivity (Wildman–Crippen MR) is 161 cm³/mol. The largest absolute Gasteiger partial charge is 0.354 e. The number of amides is 2. The summed E-state index contributed by atoms with van der Waals surface area (Å²) in [6, 6.07) is 20.3. The van der Waals surface area contributed by atoms with Crippen molar-refractivity contribution in [2.24, 2.45) is 0 Å². The molecule has 0 aliphatic rings. The Labute approximate surface area is 243 Å². The van der Waals surface area contributed by atoms with Crippen LogP contribution in [0.3, 0.4) is 0 Å². The third-order valence-electron chi connectivity index (χ3n) is 6.88. The number of nitrogens with zero attached hydrogens (tertiary/aromatic N) is 2. The lowest BCUT2D eigenvalue weighted by atomic mass is 10.1. The number of nitrogens with one attached hydrogen (secondary N) is 1. The molecule has 40 heavy (non-hydrogen) atoms. The summed E-state index contributed by atoms with van der Waals surface area (Å²) in [6.45, 7) is 7.57. The van der Waals surface area contributed by atoms with E-state index in [1.165, 1.54) is 17.0 Å². The molecule has 0 aliphatic carbocycles. The Morgan fingerprint density at radius 1 is 0.950 bits per heavy atom. The first-order chi connectivity index (χ1) is 19.1. The molecule has 3 rings (SSSR count). The molecule has 0 saturated heterocycles. The average Bonchev–Trinajstić information content (AvgIpc) is 2.94. The van der Waals surface area contributed by atoms with Gasteiger partial charge in [0.1, 0.15) is 12.6 Å². The van der Waals surface area contributed by atoms with E-state index in [1.54, 1.807) is 44.2 Å². The Hall–Kier alpha value is -3.36. The van der Waals surface area contributed by atoms with E-state index in [1.807, 2.05) is 44.2 Å². The molecule has 214 valence electrons. The van der Waals surface area contributed by atoms with Gasteiger partial charge in [-0.25, -0.2) is 8.42 Å². The van der Waals surface area contributed by atoms with Gasteiger partial charge in [0.2, 0.25) is 11.8 Å². The van der Waals surface area contributed by atoms with Gasteiger partial charge in [0.15, 0.2) is 0 Å². The van der Waals surface area contributed by atoms with Gasteiger partial charge in [0, 0.05) is 18.1 Å². The summed E-state index contributed by atoms with van der Waals surface area (Å²) in [5.41, 5.74) is 2.77. The first kappa shape index (κ1) is 31.2. The number of carbonyl (C=O) groups is 2. The summed E-state index contributed by atoms with van der Waals surface area (Å²) < 4.78 is 29.0. The van der Waals surface area contributed by atoms with Crippen molar-refractivity contribution in [3.05, 3.63) is 94.5 Å². The van der Waals surface area contributed by atoms with Crippen LogP contribution < -0.4 is 9.62 Å². The van der Waals surface area contributed by atoms with Crippen molar-refractivity contribution < 1.29 is 18.0 Å². The highest BCUT2D eigenvalue weighted by Gasteiger charge is 2.33. The van der Waals surface area contributed by atoms with Crippen LogP contribution in [0.4, 0.5) is 5.69 Å². The van der Waals surface area contributed by atoms with E-state index in [0.717, 1.165) is 28.3 Å². The number of carbonyl (C=O) groups excluding carboxylic acids is 2. The highest BCUT2D eigenvalue weighted by atomic mass is 35.5. The molecule has 9 heteroatoms. The second kappa shape index (κ2) is 14.3. The van der Waals surface area contributed by atoms with E-state index in [4.69, 9.17) is 11.6 Å². The Morgan fingerprint density at radius 3 is 2.27 bits per heavy atom. The van der Waals surface area contributed by atoms with Gasteiger partial charge < -0.3 is 10.2 Å². The van der Waals surface area contributed by atoms with E-state index < -0.39 is 28.5 Å². The third kappa shape index (κ3) is 7.86. The number of sulfonamides is 1. The monoisotopic (exact) mass is 583 g/mol. The molecule has 0 saturated carbocycles. The molecular weight excluding hydrogens is 546 g/mol.